The minimum atomic E-state index is 0.281. The molecule has 6 nitrogen and oxygen atoms in total. The van der Waals surface area contributed by atoms with Gasteiger partial charge in [0, 0.05) is 24.7 Å². The van der Waals surface area contributed by atoms with E-state index in [9.17, 15) is 4.91 Å². The Labute approximate surface area is 138 Å². The van der Waals surface area contributed by atoms with E-state index in [0.29, 0.717) is 16.7 Å². The molecular formula is C16H15ClN4O2. The van der Waals surface area contributed by atoms with Crippen molar-refractivity contribution in [2.24, 2.45) is 5.18 Å². The molecule has 3 heterocycles. The van der Waals surface area contributed by atoms with Crippen LogP contribution in [0.4, 0.5) is 11.5 Å². The van der Waals surface area contributed by atoms with Crippen molar-refractivity contribution in [2.75, 3.05) is 18.0 Å². The van der Waals surface area contributed by atoms with Crippen molar-refractivity contribution in [1.82, 2.24) is 9.97 Å². The molecule has 2 atom stereocenters. The molecular weight excluding hydrogens is 316 g/mol. The fourth-order valence-electron chi connectivity index (χ4n) is 3.17. The molecule has 2 aliphatic rings. The van der Waals surface area contributed by atoms with Crippen LogP contribution in [0.5, 0.6) is 0 Å². The molecule has 0 aliphatic carbocycles. The quantitative estimate of drug-likeness (QED) is 0.635. The number of hydrogen-bond acceptors (Lipinski definition) is 6. The van der Waals surface area contributed by atoms with Gasteiger partial charge in [-0.3, -0.25) is 0 Å². The van der Waals surface area contributed by atoms with Gasteiger partial charge in [-0.15, -0.1) is 4.91 Å². The van der Waals surface area contributed by atoms with E-state index in [1.54, 1.807) is 30.3 Å². The van der Waals surface area contributed by atoms with E-state index in [1.165, 1.54) is 0 Å². The second kappa shape index (κ2) is 5.86. The lowest BCUT2D eigenvalue weighted by Gasteiger charge is -2.33. The Morgan fingerprint density at radius 1 is 1.13 bits per heavy atom. The Bertz CT molecular complexity index is 725. The monoisotopic (exact) mass is 330 g/mol. The molecule has 0 N–H and O–H groups in total. The summed E-state index contributed by atoms with van der Waals surface area (Å²) >= 11 is 6.19. The van der Waals surface area contributed by atoms with Crippen LogP contribution in [0.3, 0.4) is 0 Å². The van der Waals surface area contributed by atoms with Gasteiger partial charge < -0.3 is 9.64 Å². The molecule has 23 heavy (non-hydrogen) atoms. The maximum absolute atomic E-state index is 10.5. The third-order valence-electron chi connectivity index (χ3n) is 4.28. The van der Waals surface area contributed by atoms with Crippen LogP contribution >= 0.6 is 11.6 Å². The van der Waals surface area contributed by atoms with Crippen molar-refractivity contribution in [1.29, 1.82) is 0 Å². The number of rotatable bonds is 3. The maximum atomic E-state index is 10.5. The van der Waals surface area contributed by atoms with Crippen LogP contribution in [0.25, 0.3) is 11.4 Å². The fraction of sp³-hybridized carbons (Fsp3) is 0.375. The summed E-state index contributed by atoms with van der Waals surface area (Å²) in [6, 6.07) is 8.62. The molecule has 0 saturated carbocycles. The van der Waals surface area contributed by atoms with E-state index in [1.807, 2.05) is 0 Å². The standard InChI is InChI=1S/C16H15ClN4O2/c17-14-7-15(21-8-12-5-6-13(9-21)23-12)19-16(18-14)10-1-3-11(20-22)4-2-10/h1-4,7,12-13H,5-6,8-9H2. The number of hydrogen-bond donors (Lipinski definition) is 0. The van der Waals surface area contributed by atoms with Gasteiger partial charge >= 0.3 is 0 Å². The SMILES string of the molecule is O=Nc1ccc(-c2nc(Cl)cc(N3CC4CCC(C3)O4)n2)cc1. The Balaban J connectivity index is 1.66. The van der Waals surface area contributed by atoms with Crippen LogP contribution in [0, 0.1) is 4.91 Å². The topological polar surface area (TPSA) is 67.7 Å². The van der Waals surface area contributed by atoms with Crippen LogP contribution in [0.1, 0.15) is 12.8 Å². The highest BCUT2D eigenvalue weighted by atomic mass is 35.5. The van der Waals surface area contributed by atoms with Gasteiger partial charge in [0.1, 0.15) is 16.7 Å². The minimum absolute atomic E-state index is 0.281. The number of benzene rings is 1. The van der Waals surface area contributed by atoms with Crippen molar-refractivity contribution in [3.8, 4) is 11.4 Å². The number of aromatic nitrogens is 2. The van der Waals surface area contributed by atoms with Crippen molar-refractivity contribution in [3.63, 3.8) is 0 Å². The first kappa shape index (κ1) is 14.5. The molecule has 2 saturated heterocycles. The summed E-state index contributed by atoms with van der Waals surface area (Å²) in [5.74, 6) is 1.36. The lowest BCUT2D eigenvalue weighted by Crippen LogP contribution is -2.43. The van der Waals surface area contributed by atoms with Crippen LogP contribution in [0.15, 0.2) is 35.5 Å². The molecule has 1 aromatic carbocycles. The summed E-state index contributed by atoms with van der Waals surface area (Å²) < 4.78 is 5.86. The molecule has 0 spiro atoms. The smallest absolute Gasteiger partial charge is 0.163 e. The van der Waals surface area contributed by atoms with Gasteiger partial charge in [-0.1, -0.05) is 11.6 Å². The van der Waals surface area contributed by atoms with Gasteiger partial charge in [0.15, 0.2) is 5.82 Å². The number of morpholine rings is 1. The van der Waals surface area contributed by atoms with Gasteiger partial charge in [-0.2, -0.15) is 0 Å². The summed E-state index contributed by atoms with van der Waals surface area (Å²) in [5, 5.41) is 3.30. The van der Waals surface area contributed by atoms with Crippen molar-refractivity contribution >= 4 is 23.1 Å². The lowest BCUT2D eigenvalue weighted by molar-refractivity contribution is 0.0302. The number of nitrogens with zero attached hydrogens (tertiary/aromatic N) is 4. The first-order valence-corrected chi connectivity index (χ1v) is 7.98. The fourth-order valence-corrected chi connectivity index (χ4v) is 3.35. The van der Waals surface area contributed by atoms with Gasteiger partial charge in [-0.25, -0.2) is 9.97 Å². The maximum Gasteiger partial charge on any atom is 0.163 e. The van der Waals surface area contributed by atoms with Gasteiger partial charge in [0.25, 0.3) is 0 Å². The number of anilines is 1. The van der Waals surface area contributed by atoms with E-state index in [2.05, 4.69) is 20.0 Å². The zero-order valence-electron chi connectivity index (χ0n) is 12.4. The number of fused-ring (bicyclic) bond motifs is 2. The van der Waals surface area contributed by atoms with E-state index < -0.39 is 0 Å². The van der Waals surface area contributed by atoms with Crippen LogP contribution in [0.2, 0.25) is 5.15 Å². The predicted octanol–water partition coefficient (Wildman–Crippen LogP) is 3.56. The highest BCUT2D eigenvalue weighted by molar-refractivity contribution is 6.29. The van der Waals surface area contributed by atoms with Crippen LogP contribution < -0.4 is 4.90 Å². The van der Waals surface area contributed by atoms with Crippen LogP contribution in [-0.4, -0.2) is 35.3 Å². The highest BCUT2D eigenvalue weighted by Crippen LogP contribution is 2.31. The minimum Gasteiger partial charge on any atom is -0.371 e. The third-order valence-corrected chi connectivity index (χ3v) is 4.47. The molecule has 2 aliphatic heterocycles. The Morgan fingerprint density at radius 3 is 2.48 bits per heavy atom. The molecule has 1 aromatic heterocycles. The number of nitroso groups, excluding NO2 is 1. The highest BCUT2D eigenvalue weighted by Gasteiger charge is 2.34. The second-order valence-corrected chi connectivity index (χ2v) is 6.26. The Morgan fingerprint density at radius 2 is 1.83 bits per heavy atom. The average molecular weight is 331 g/mol. The molecule has 0 radical (unpaired) electrons. The predicted molar refractivity (Wildman–Crippen MR) is 88.0 cm³/mol. The molecule has 4 rings (SSSR count). The second-order valence-electron chi connectivity index (χ2n) is 5.87. The molecule has 2 aromatic rings. The Kier molecular flexibility index (Phi) is 3.71. The molecule has 2 bridgehead atoms. The molecule has 2 fully saturated rings. The zero-order chi connectivity index (χ0) is 15.8. The first-order chi connectivity index (χ1) is 11.2. The molecule has 7 heteroatoms. The van der Waals surface area contributed by atoms with E-state index >= 15 is 0 Å². The summed E-state index contributed by atoms with van der Waals surface area (Å²) in [5.41, 5.74) is 1.18. The lowest BCUT2D eigenvalue weighted by atomic mass is 10.2. The normalized spacial score (nSPS) is 23.1. The van der Waals surface area contributed by atoms with Gasteiger partial charge in [-0.05, 0) is 42.3 Å². The largest absolute Gasteiger partial charge is 0.371 e. The van der Waals surface area contributed by atoms with Gasteiger partial charge in [0.2, 0.25) is 0 Å². The summed E-state index contributed by atoms with van der Waals surface area (Å²) in [6.07, 6.45) is 2.77. The van der Waals surface area contributed by atoms with Crippen molar-refractivity contribution in [3.05, 3.63) is 40.4 Å². The molecule has 0 amide bonds. The van der Waals surface area contributed by atoms with Crippen molar-refractivity contribution in [2.45, 2.75) is 25.0 Å². The van der Waals surface area contributed by atoms with E-state index in [-0.39, 0.29) is 12.2 Å². The number of halogens is 1. The van der Waals surface area contributed by atoms with E-state index in [4.69, 9.17) is 16.3 Å². The van der Waals surface area contributed by atoms with Crippen LogP contribution in [-0.2, 0) is 4.74 Å². The average Bonchev–Trinajstić information content (AvgIpc) is 2.92. The number of ether oxygens (including phenoxy) is 1. The summed E-state index contributed by atoms with van der Waals surface area (Å²) in [6.45, 7) is 1.66. The van der Waals surface area contributed by atoms with Crippen molar-refractivity contribution < 1.29 is 4.74 Å². The summed E-state index contributed by atoms with van der Waals surface area (Å²) in [4.78, 5) is 21.7. The first-order valence-electron chi connectivity index (χ1n) is 7.60. The molecule has 118 valence electrons. The van der Waals surface area contributed by atoms with Gasteiger partial charge in [0.05, 0.1) is 12.2 Å². The zero-order valence-corrected chi connectivity index (χ0v) is 13.1. The van der Waals surface area contributed by atoms with E-state index in [0.717, 1.165) is 37.3 Å². The summed E-state index contributed by atoms with van der Waals surface area (Å²) in [7, 11) is 0. The molecule has 2 unspecified atom stereocenters. The Hall–Kier alpha value is -2.05. The third kappa shape index (κ3) is 2.92.